The Morgan fingerprint density at radius 1 is 0.310 bits per heavy atom. The molecule has 5 heteroatoms. The van der Waals surface area contributed by atoms with Crippen LogP contribution in [0.4, 0.5) is 34.1 Å². The van der Waals surface area contributed by atoms with Gasteiger partial charge >= 0.3 is 0 Å². The second-order valence-corrected chi connectivity index (χ2v) is 21.6. The van der Waals surface area contributed by atoms with Crippen molar-refractivity contribution in [3.05, 3.63) is 203 Å². The molecule has 13 aromatic rings. The predicted octanol–water partition coefficient (Wildman–Crippen LogP) is 18.9. The Morgan fingerprint density at radius 3 is 1.10 bits per heavy atom. The van der Waals surface area contributed by atoms with Gasteiger partial charge in [-0.3, -0.25) is 0 Å². The van der Waals surface area contributed by atoms with Crippen LogP contribution < -0.4 is 9.80 Å². The van der Waals surface area contributed by atoms with Gasteiger partial charge in [0.15, 0.2) is 11.2 Å². The zero-order valence-corrected chi connectivity index (χ0v) is 40.7. The van der Waals surface area contributed by atoms with Crippen molar-refractivity contribution in [2.75, 3.05) is 9.80 Å². The number of furan rings is 3. The number of nitrogens with zero attached hydrogens (tertiary/aromatic N) is 2. The summed E-state index contributed by atoms with van der Waals surface area (Å²) in [5, 5.41) is 10.9. The molecule has 2 aliphatic rings. The van der Waals surface area contributed by atoms with E-state index in [1.807, 2.05) is 0 Å². The van der Waals surface area contributed by atoms with E-state index >= 15 is 0 Å². The molecule has 3 aromatic heterocycles. The molecule has 0 spiro atoms. The van der Waals surface area contributed by atoms with Gasteiger partial charge in [-0.2, -0.15) is 0 Å². The van der Waals surface area contributed by atoms with Gasteiger partial charge in [0, 0.05) is 76.4 Å². The van der Waals surface area contributed by atoms with E-state index in [-0.39, 0.29) is 10.8 Å². The van der Waals surface area contributed by atoms with Gasteiger partial charge in [0.2, 0.25) is 0 Å². The SMILES string of the molecule is Cc1ccc2cc1N(c1cc3c4cc(N5c6cc(ccc6C)CC(C)(C)c6cccc7c6oc6c5cccc67)c5ccccc5c4oc3c3ccccc13)c1cccc3c1oc1c(cccc13)C(C)(C)C2. The Morgan fingerprint density at radius 2 is 0.662 bits per heavy atom. The standard InChI is InChI=1S/C66H50N2O3/c1-37-27-29-39-31-55(37)67(53-25-13-21-47-45-19-11-23-51(65(3,4)35-39)61(45)70-63(47)53)57-33-49-50-34-58(42-16-8-10-18-44(42)60(50)69-59(49)43-17-9-7-15-41(43)57)68-54-26-14-22-48-46-20-12-24-52(62(46)71-64(48)54)66(5,6)36-40-30-28-38(2)56(68)32-40/h7-34H,35-36H2,1-6H3. The van der Waals surface area contributed by atoms with Crippen molar-refractivity contribution in [2.45, 2.75) is 65.2 Å². The Kier molecular flexibility index (Phi) is 8.10. The molecule has 0 saturated carbocycles. The second-order valence-electron chi connectivity index (χ2n) is 21.6. The third-order valence-electron chi connectivity index (χ3n) is 16.2. The Labute approximate surface area is 411 Å². The van der Waals surface area contributed by atoms with Crippen molar-refractivity contribution in [3.8, 4) is 0 Å². The molecular formula is C66H50N2O3. The molecule has 0 fully saturated rings. The van der Waals surface area contributed by atoms with Crippen molar-refractivity contribution in [1.29, 1.82) is 0 Å². The third kappa shape index (κ3) is 5.63. The second kappa shape index (κ2) is 14.2. The van der Waals surface area contributed by atoms with Gasteiger partial charge in [0.05, 0.1) is 22.7 Å². The average molecular weight is 919 g/mol. The highest BCUT2D eigenvalue weighted by atomic mass is 16.3. The number of para-hydroxylation sites is 4. The van der Waals surface area contributed by atoms with Crippen LogP contribution in [0, 0.1) is 13.8 Å². The molecule has 8 bridgehead atoms. The molecule has 5 heterocycles. The lowest BCUT2D eigenvalue weighted by atomic mass is 9.78. The first-order valence-electron chi connectivity index (χ1n) is 25.0. The van der Waals surface area contributed by atoms with Crippen molar-refractivity contribution in [1.82, 2.24) is 0 Å². The summed E-state index contributed by atoms with van der Waals surface area (Å²) in [6.45, 7) is 13.8. The Balaban J connectivity index is 1.06. The lowest BCUT2D eigenvalue weighted by Crippen LogP contribution is -2.21. The molecule has 0 atom stereocenters. The Hall–Kier alpha value is -8.28. The van der Waals surface area contributed by atoms with E-state index in [0.29, 0.717) is 0 Å². The number of benzene rings is 10. The maximum atomic E-state index is 7.30. The minimum atomic E-state index is -0.184. The first-order chi connectivity index (χ1) is 34.5. The predicted molar refractivity (Wildman–Crippen MR) is 296 cm³/mol. The maximum absolute atomic E-state index is 7.30. The molecule has 0 unspecified atom stereocenters. The number of hydrogen-bond donors (Lipinski definition) is 0. The highest BCUT2D eigenvalue weighted by Gasteiger charge is 2.33. The lowest BCUT2D eigenvalue weighted by Gasteiger charge is -2.30. The monoisotopic (exact) mass is 918 g/mol. The molecule has 15 rings (SSSR count). The van der Waals surface area contributed by atoms with Gasteiger partial charge in [-0.15, -0.1) is 0 Å². The molecule has 0 amide bonds. The number of hydrogen-bond acceptors (Lipinski definition) is 5. The normalized spacial score (nSPS) is 15.2. The fraction of sp³-hybridized carbons (Fsp3) is 0.152. The van der Waals surface area contributed by atoms with Gasteiger partial charge in [-0.25, -0.2) is 0 Å². The topological polar surface area (TPSA) is 45.9 Å². The first kappa shape index (κ1) is 40.6. The van der Waals surface area contributed by atoms with E-state index in [0.717, 1.165) is 134 Å². The quantitative estimate of drug-likeness (QED) is 0.173. The molecule has 0 radical (unpaired) electrons. The zero-order valence-electron chi connectivity index (χ0n) is 40.7. The summed E-state index contributed by atoms with van der Waals surface area (Å²) in [6, 6.07) is 62.9. The molecule has 0 N–H and O–H groups in total. The van der Waals surface area contributed by atoms with Crippen molar-refractivity contribution in [3.63, 3.8) is 0 Å². The summed E-state index contributed by atoms with van der Waals surface area (Å²) in [6.07, 6.45) is 1.71. The van der Waals surface area contributed by atoms with Crippen LogP contribution in [-0.2, 0) is 23.7 Å². The van der Waals surface area contributed by atoms with E-state index in [2.05, 4.69) is 221 Å². The summed E-state index contributed by atoms with van der Waals surface area (Å²) in [5.41, 5.74) is 18.7. The molecule has 342 valence electrons. The minimum Gasteiger partial charge on any atom is -0.455 e. The molecule has 2 aliphatic heterocycles. The van der Waals surface area contributed by atoms with E-state index in [9.17, 15) is 0 Å². The lowest BCUT2D eigenvalue weighted by molar-refractivity contribution is 0.515. The highest BCUT2D eigenvalue weighted by Crippen LogP contribution is 2.53. The van der Waals surface area contributed by atoms with Gasteiger partial charge in [0.25, 0.3) is 0 Å². The van der Waals surface area contributed by atoms with Gasteiger partial charge < -0.3 is 23.1 Å². The Bertz CT molecular complexity index is 4180. The van der Waals surface area contributed by atoms with E-state index in [1.165, 1.54) is 33.4 Å². The smallest absolute Gasteiger partial charge is 0.159 e. The van der Waals surface area contributed by atoms with Gasteiger partial charge in [-0.1, -0.05) is 161 Å². The van der Waals surface area contributed by atoms with Crippen LogP contribution in [0.1, 0.15) is 61.1 Å². The average Bonchev–Trinajstić information content (AvgIpc) is 4.08. The number of rotatable bonds is 2. The number of anilines is 6. The van der Waals surface area contributed by atoms with Gasteiger partial charge in [0.1, 0.15) is 22.3 Å². The van der Waals surface area contributed by atoms with Crippen LogP contribution in [-0.4, -0.2) is 0 Å². The first-order valence-corrected chi connectivity index (χ1v) is 25.0. The van der Waals surface area contributed by atoms with Crippen molar-refractivity contribution >= 4 is 121 Å². The number of aryl methyl sites for hydroxylation is 2. The molecule has 0 saturated heterocycles. The third-order valence-corrected chi connectivity index (χ3v) is 16.2. The summed E-state index contributed by atoms with van der Waals surface area (Å²) in [5.74, 6) is 0. The fourth-order valence-electron chi connectivity index (χ4n) is 12.8. The van der Waals surface area contributed by atoms with E-state index in [1.54, 1.807) is 0 Å². The van der Waals surface area contributed by atoms with Crippen LogP contribution in [0.15, 0.2) is 183 Å². The maximum Gasteiger partial charge on any atom is 0.159 e. The summed E-state index contributed by atoms with van der Waals surface area (Å²) >= 11 is 0. The van der Waals surface area contributed by atoms with Crippen LogP contribution in [0.3, 0.4) is 0 Å². The van der Waals surface area contributed by atoms with E-state index < -0.39 is 0 Å². The van der Waals surface area contributed by atoms with Crippen LogP contribution in [0.25, 0.3) is 87.4 Å². The molecule has 0 aliphatic carbocycles. The summed E-state index contributed by atoms with van der Waals surface area (Å²) < 4.78 is 21.7. The summed E-state index contributed by atoms with van der Waals surface area (Å²) in [7, 11) is 0. The minimum absolute atomic E-state index is 0.184. The van der Waals surface area contributed by atoms with Crippen LogP contribution in [0.2, 0.25) is 0 Å². The van der Waals surface area contributed by atoms with Crippen molar-refractivity contribution < 1.29 is 13.3 Å². The molecule has 71 heavy (non-hydrogen) atoms. The molecule has 10 aromatic carbocycles. The fourth-order valence-corrected chi connectivity index (χ4v) is 12.8. The van der Waals surface area contributed by atoms with Crippen LogP contribution >= 0.6 is 0 Å². The van der Waals surface area contributed by atoms with Crippen molar-refractivity contribution in [2.24, 2.45) is 0 Å². The largest absolute Gasteiger partial charge is 0.455 e. The van der Waals surface area contributed by atoms with Gasteiger partial charge in [-0.05, 0) is 96.2 Å². The van der Waals surface area contributed by atoms with Crippen LogP contribution in [0.5, 0.6) is 0 Å². The molecule has 5 nitrogen and oxygen atoms in total. The zero-order chi connectivity index (χ0) is 47.7. The number of fused-ring (bicyclic) bond motifs is 13. The highest BCUT2D eigenvalue weighted by molar-refractivity contribution is 6.26. The molecular weight excluding hydrogens is 869 g/mol. The summed E-state index contributed by atoms with van der Waals surface area (Å²) in [4.78, 5) is 4.93. The van der Waals surface area contributed by atoms with E-state index in [4.69, 9.17) is 13.3 Å².